The van der Waals surface area contributed by atoms with Gasteiger partial charge in [-0.15, -0.1) is 0 Å². The maximum absolute atomic E-state index is 11.7. The molecule has 0 unspecified atom stereocenters. The summed E-state index contributed by atoms with van der Waals surface area (Å²) in [5.41, 5.74) is 14.9. The smallest absolute Gasteiger partial charge is 0.338 e. The van der Waals surface area contributed by atoms with Gasteiger partial charge in [0.2, 0.25) is 0 Å². The Hall–Kier alpha value is -3.29. The van der Waals surface area contributed by atoms with Gasteiger partial charge in [0.15, 0.2) is 0 Å². The SMILES string of the molecule is CC.CCOC(=O)c1ccc(OC/C(N)=C(\C)N(C)Cc2cnc(C)nc2N)cc1. The molecule has 0 amide bonds. The summed E-state index contributed by atoms with van der Waals surface area (Å²) in [5, 5.41) is 0. The first-order valence-corrected chi connectivity index (χ1v) is 9.96. The van der Waals surface area contributed by atoms with Gasteiger partial charge < -0.3 is 25.8 Å². The fraction of sp³-hybridized carbons (Fsp3) is 0.409. The Balaban J connectivity index is 0.00000218. The lowest BCUT2D eigenvalue weighted by atomic mass is 10.2. The number of hydrogen-bond acceptors (Lipinski definition) is 8. The molecule has 164 valence electrons. The Labute approximate surface area is 178 Å². The summed E-state index contributed by atoms with van der Waals surface area (Å²) in [6.45, 7) is 10.6. The highest BCUT2D eigenvalue weighted by Crippen LogP contribution is 2.16. The Bertz CT molecular complexity index is 850. The molecule has 0 fully saturated rings. The van der Waals surface area contributed by atoms with Crippen LogP contribution in [0, 0.1) is 6.92 Å². The largest absolute Gasteiger partial charge is 0.487 e. The molecule has 0 aliphatic heterocycles. The monoisotopic (exact) mass is 415 g/mol. The number of rotatable bonds is 8. The van der Waals surface area contributed by atoms with E-state index in [1.807, 2.05) is 32.7 Å². The van der Waals surface area contributed by atoms with Crippen molar-refractivity contribution >= 4 is 11.8 Å². The second-order valence-corrected chi connectivity index (χ2v) is 6.33. The quantitative estimate of drug-likeness (QED) is 0.631. The van der Waals surface area contributed by atoms with E-state index in [1.165, 1.54) is 0 Å². The maximum Gasteiger partial charge on any atom is 0.338 e. The third-order valence-corrected chi connectivity index (χ3v) is 4.22. The highest BCUT2D eigenvalue weighted by molar-refractivity contribution is 5.89. The summed E-state index contributed by atoms with van der Waals surface area (Å²) in [7, 11) is 1.91. The average Bonchev–Trinajstić information content (AvgIpc) is 2.75. The highest BCUT2D eigenvalue weighted by Gasteiger charge is 2.10. The van der Waals surface area contributed by atoms with Crippen molar-refractivity contribution in [3.05, 3.63) is 58.8 Å². The summed E-state index contributed by atoms with van der Waals surface area (Å²) in [6, 6.07) is 6.74. The van der Waals surface area contributed by atoms with Crippen LogP contribution in [0.5, 0.6) is 5.75 Å². The number of nitrogens with two attached hydrogens (primary N) is 2. The second kappa shape index (κ2) is 12.3. The average molecular weight is 416 g/mol. The van der Waals surface area contributed by atoms with Gasteiger partial charge in [-0.05, 0) is 45.0 Å². The van der Waals surface area contributed by atoms with Crippen molar-refractivity contribution in [2.75, 3.05) is 26.0 Å². The highest BCUT2D eigenvalue weighted by atomic mass is 16.5. The predicted octanol–water partition coefficient (Wildman–Crippen LogP) is 3.27. The van der Waals surface area contributed by atoms with Gasteiger partial charge in [0.05, 0.1) is 17.9 Å². The molecule has 0 aliphatic carbocycles. The lowest BCUT2D eigenvalue weighted by molar-refractivity contribution is 0.0526. The minimum absolute atomic E-state index is 0.217. The molecule has 30 heavy (non-hydrogen) atoms. The molecule has 0 bridgehead atoms. The standard InChI is InChI=1S/C20H27N5O3.C2H6/c1-5-27-20(26)15-6-8-17(9-7-15)28-12-18(21)13(2)25(4)11-16-10-23-14(3)24-19(16)22;1-2/h6-10H,5,11-12,21H2,1-4H3,(H2,22,23,24);1-2H3/b18-13-;. The van der Waals surface area contributed by atoms with Gasteiger partial charge in [-0.2, -0.15) is 0 Å². The summed E-state index contributed by atoms with van der Waals surface area (Å²) in [5.74, 6) is 1.36. The maximum atomic E-state index is 11.7. The summed E-state index contributed by atoms with van der Waals surface area (Å²) < 4.78 is 10.7. The van der Waals surface area contributed by atoms with E-state index in [1.54, 1.807) is 44.3 Å². The number of ether oxygens (including phenoxy) is 2. The van der Waals surface area contributed by atoms with Crippen molar-refractivity contribution < 1.29 is 14.3 Å². The second-order valence-electron chi connectivity index (χ2n) is 6.33. The van der Waals surface area contributed by atoms with Crippen LogP contribution in [0.25, 0.3) is 0 Å². The van der Waals surface area contributed by atoms with Gasteiger partial charge in [0.1, 0.15) is 24.0 Å². The van der Waals surface area contributed by atoms with Crippen molar-refractivity contribution in [2.45, 2.75) is 41.2 Å². The van der Waals surface area contributed by atoms with Crippen LogP contribution in [0.3, 0.4) is 0 Å². The van der Waals surface area contributed by atoms with E-state index in [0.29, 0.717) is 41.8 Å². The van der Waals surface area contributed by atoms with Crippen LogP contribution < -0.4 is 16.2 Å². The van der Waals surface area contributed by atoms with Crippen molar-refractivity contribution in [2.24, 2.45) is 5.73 Å². The Morgan fingerprint density at radius 1 is 1.20 bits per heavy atom. The number of aryl methyl sites for hydroxylation is 1. The molecular formula is C22H33N5O3. The predicted molar refractivity (Wildman–Crippen MR) is 119 cm³/mol. The van der Waals surface area contributed by atoms with Gasteiger partial charge in [-0.3, -0.25) is 0 Å². The first kappa shape index (κ1) is 24.7. The Kier molecular flexibility index (Phi) is 10.2. The van der Waals surface area contributed by atoms with E-state index >= 15 is 0 Å². The summed E-state index contributed by atoms with van der Waals surface area (Å²) in [4.78, 5) is 22.0. The fourth-order valence-electron chi connectivity index (χ4n) is 2.42. The topological polar surface area (TPSA) is 117 Å². The van der Waals surface area contributed by atoms with Gasteiger partial charge in [-0.25, -0.2) is 14.8 Å². The van der Waals surface area contributed by atoms with E-state index < -0.39 is 0 Å². The third kappa shape index (κ3) is 7.27. The van der Waals surface area contributed by atoms with Gasteiger partial charge >= 0.3 is 5.97 Å². The number of carbonyl (C=O) groups is 1. The van der Waals surface area contributed by atoms with Gasteiger partial charge in [0.25, 0.3) is 0 Å². The van der Waals surface area contributed by atoms with Crippen LogP contribution in [0.1, 0.15) is 49.4 Å². The Morgan fingerprint density at radius 3 is 2.40 bits per heavy atom. The molecule has 4 N–H and O–H groups in total. The normalized spacial score (nSPS) is 11.0. The molecule has 1 aromatic carbocycles. The zero-order valence-corrected chi connectivity index (χ0v) is 18.7. The third-order valence-electron chi connectivity index (χ3n) is 4.22. The van der Waals surface area contributed by atoms with Crippen LogP contribution in [-0.4, -0.2) is 41.1 Å². The molecule has 8 nitrogen and oxygen atoms in total. The van der Waals surface area contributed by atoms with Crippen LogP contribution in [-0.2, 0) is 11.3 Å². The molecule has 1 heterocycles. The zero-order chi connectivity index (χ0) is 22.7. The number of nitrogen functional groups attached to an aromatic ring is 1. The molecule has 0 atom stereocenters. The number of anilines is 1. The number of esters is 1. The molecule has 2 aromatic rings. The fourth-order valence-corrected chi connectivity index (χ4v) is 2.42. The van der Waals surface area contributed by atoms with E-state index in [0.717, 1.165) is 11.3 Å². The van der Waals surface area contributed by atoms with E-state index in [9.17, 15) is 4.79 Å². The van der Waals surface area contributed by atoms with Crippen molar-refractivity contribution in [1.82, 2.24) is 14.9 Å². The van der Waals surface area contributed by atoms with E-state index in [-0.39, 0.29) is 12.6 Å². The Morgan fingerprint density at radius 2 is 1.83 bits per heavy atom. The van der Waals surface area contributed by atoms with Crippen LogP contribution in [0.2, 0.25) is 0 Å². The molecule has 2 rings (SSSR count). The number of hydrogen-bond donors (Lipinski definition) is 2. The minimum Gasteiger partial charge on any atom is -0.487 e. The number of aromatic nitrogens is 2. The van der Waals surface area contributed by atoms with Crippen molar-refractivity contribution in [3.63, 3.8) is 0 Å². The molecule has 0 saturated carbocycles. The molecule has 0 radical (unpaired) electrons. The molecule has 0 spiro atoms. The van der Waals surface area contributed by atoms with Crippen molar-refractivity contribution in [3.8, 4) is 5.75 Å². The molecule has 0 aliphatic rings. The molecule has 0 saturated heterocycles. The number of allylic oxidation sites excluding steroid dienone is 1. The molecule has 1 aromatic heterocycles. The molecule has 8 heteroatoms. The van der Waals surface area contributed by atoms with Gasteiger partial charge in [-0.1, -0.05) is 13.8 Å². The van der Waals surface area contributed by atoms with Crippen LogP contribution in [0.4, 0.5) is 5.82 Å². The van der Waals surface area contributed by atoms with Crippen LogP contribution in [0.15, 0.2) is 41.9 Å². The van der Waals surface area contributed by atoms with Crippen LogP contribution >= 0.6 is 0 Å². The lowest BCUT2D eigenvalue weighted by Gasteiger charge is -2.22. The summed E-state index contributed by atoms with van der Waals surface area (Å²) in [6.07, 6.45) is 1.72. The number of nitrogens with zero attached hydrogens (tertiary/aromatic N) is 3. The minimum atomic E-state index is -0.356. The summed E-state index contributed by atoms with van der Waals surface area (Å²) >= 11 is 0. The van der Waals surface area contributed by atoms with Crippen molar-refractivity contribution in [1.29, 1.82) is 0 Å². The lowest BCUT2D eigenvalue weighted by Crippen LogP contribution is -2.23. The number of benzene rings is 1. The van der Waals surface area contributed by atoms with E-state index in [4.69, 9.17) is 20.9 Å². The first-order chi connectivity index (χ1) is 14.3. The zero-order valence-electron chi connectivity index (χ0n) is 18.7. The van der Waals surface area contributed by atoms with Gasteiger partial charge in [0, 0.05) is 31.0 Å². The first-order valence-electron chi connectivity index (χ1n) is 9.96. The molecular weight excluding hydrogens is 382 g/mol. The number of carbonyl (C=O) groups excluding carboxylic acids is 1. The van der Waals surface area contributed by atoms with E-state index in [2.05, 4.69) is 9.97 Å².